The van der Waals surface area contributed by atoms with E-state index < -0.39 is 11.7 Å². The lowest BCUT2D eigenvalue weighted by Gasteiger charge is -2.08. The van der Waals surface area contributed by atoms with Gasteiger partial charge in [0, 0.05) is 11.1 Å². The Balaban J connectivity index is 2.27. The standard InChI is InChI=1S/C17H14FNO2/c1-12-9-14(11-15(18)10-12)17(21)19-16-7-3-2-5-13(16)6-4-8-20/h2-3,5,7,9-11,20H,8H2,1H3,(H,19,21). The third kappa shape index (κ3) is 3.91. The van der Waals surface area contributed by atoms with Gasteiger partial charge in [0.1, 0.15) is 12.4 Å². The molecule has 2 aromatic carbocycles. The second-order valence-electron chi connectivity index (χ2n) is 4.48. The molecule has 106 valence electrons. The molecule has 0 atom stereocenters. The van der Waals surface area contributed by atoms with Crippen molar-refractivity contribution in [2.75, 3.05) is 11.9 Å². The van der Waals surface area contributed by atoms with Gasteiger partial charge < -0.3 is 10.4 Å². The summed E-state index contributed by atoms with van der Waals surface area (Å²) >= 11 is 0. The van der Waals surface area contributed by atoms with Crippen LogP contribution < -0.4 is 5.32 Å². The summed E-state index contributed by atoms with van der Waals surface area (Å²) in [5.41, 5.74) is 2.03. The maximum atomic E-state index is 13.3. The van der Waals surface area contributed by atoms with Gasteiger partial charge in [0.15, 0.2) is 0 Å². The maximum Gasteiger partial charge on any atom is 0.255 e. The number of hydrogen-bond donors (Lipinski definition) is 2. The predicted octanol–water partition coefficient (Wildman–Crippen LogP) is 2.73. The summed E-state index contributed by atoms with van der Waals surface area (Å²) in [5.74, 6) is 4.43. The summed E-state index contributed by atoms with van der Waals surface area (Å²) in [6.45, 7) is 1.46. The molecule has 0 aromatic heterocycles. The van der Waals surface area contributed by atoms with E-state index in [0.29, 0.717) is 16.8 Å². The van der Waals surface area contributed by atoms with Gasteiger partial charge in [-0.3, -0.25) is 4.79 Å². The van der Waals surface area contributed by atoms with E-state index in [9.17, 15) is 9.18 Å². The van der Waals surface area contributed by atoms with Gasteiger partial charge in [-0.05, 0) is 42.8 Å². The molecule has 21 heavy (non-hydrogen) atoms. The summed E-state index contributed by atoms with van der Waals surface area (Å²) in [7, 11) is 0. The Hall–Kier alpha value is -2.64. The molecule has 0 aliphatic rings. The molecule has 0 saturated carbocycles. The third-order valence-corrected chi connectivity index (χ3v) is 2.78. The summed E-state index contributed by atoms with van der Waals surface area (Å²) < 4.78 is 13.3. The van der Waals surface area contributed by atoms with Crippen LogP contribution in [-0.2, 0) is 0 Å². The molecular formula is C17H14FNO2. The van der Waals surface area contributed by atoms with Gasteiger partial charge >= 0.3 is 0 Å². The van der Waals surface area contributed by atoms with Crippen LogP contribution in [0.1, 0.15) is 21.5 Å². The fourth-order valence-electron chi connectivity index (χ4n) is 1.90. The Morgan fingerprint density at radius 2 is 2.05 bits per heavy atom. The fourth-order valence-corrected chi connectivity index (χ4v) is 1.90. The van der Waals surface area contributed by atoms with Crippen LogP contribution >= 0.6 is 0 Å². The highest BCUT2D eigenvalue weighted by molar-refractivity contribution is 6.05. The number of aliphatic hydroxyl groups excluding tert-OH is 1. The fraction of sp³-hybridized carbons (Fsp3) is 0.118. The van der Waals surface area contributed by atoms with Crippen LogP contribution in [0, 0.1) is 24.6 Å². The SMILES string of the molecule is Cc1cc(F)cc(C(=O)Nc2ccccc2C#CCO)c1. The molecule has 0 radical (unpaired) electrons. The second kappa shape index (κ2) is 6.69. The minimum Gasteiger partial charge on any atom is -0.384 e. The van der Waals surface area contributed by atoms with Crippen LogP contribution in [0.25, 0.3) is 0 Å². The lowest BCUT2D eigenvalue weighted by molar-refractivity contribution is 0.102. The van der Waals surface area contributed by atoms with Crippen LogP contribution in [0.5, 0.6) is 0 Å². The quantitative estimate of drug-likeness (QED) is 0.833. The Bertz CT molecular complexity index is 709. The molecule has 0 heterocycles. The smallest absolute Gasteiger partial charge is 0.255 e. The number of carbonyl (C=O) groups excluding carboxylic acids is 1. The van der Waals surface area contributed by atoms with Crippen molar-refractivity contribution in [3.05, 3.63) is 65.0 Å². The largest absolute Gasteiger partial charge is 0.384 e. The minimum absolute atomic E-state index is 0.248. The number of carbonyl (C=O) groups is 1. The van der Waals surface area contributed by atoms with Crippen molar-refractivity contribution in [2.24, 2.45) is 0 Å². The van der Waals surface area contributed by atoms with E-state index in [4.69, 9.17) is 5.11 Å². The molecule has 0 spiro atoms. The highest BCUT2D eigenvalue weighted by atomic mass is 19.1. The van der Waals surface area contributed by atoms with Crippen LogP contribution in [0.2, 0.25) is 0 Å². The average molecular weight is 283 g/mol. The maximum absolute atomic E-state index is 13.3. The number of halogens is 1. The summed E-state index contributed by atoms with van der Waals surface area (Å²) in [4.78, 5) is 12.2. The van der Waals surface area contributed by atoms with Crippen molar-refractivity contribution < 1.29 is 14.3 Å². The van der Waals surface area contributed by atoms with Crippen molar-refractivity contribution in [3.63, 3.8) is 0 Å². The normalized spacial score (nSPS) is 9.67. The number of para-hydroxylation sites is 1. The van der Waals surface area contributed by atoms with Gasteiger partial charge in [0.2, 0.25) is 0 Å². The second-order valence-corrected chi connectivity index (χ2v) is 4.48. The van der Waals surface area contributed by atoms with Gasteiger partial charge in [-0.15, -0.1) is 0 Å². The highest BCUT2D eigenvalue weighted by Crippen LogP contribution is 2.16. The van der Waals surface area contributed by atoms with Crippen molar-refractivity contribution in [1.82, 2.24) is 0 Å². The minimum atomic E-state index is -0.450. The van der Waals surface area contributed by atoms with E-state index in [1.807, 2.05) is 0 Å². The van der Waals surface area contributed by atoms with E-state index in [0.717, 1.165) is 0 Å². The monoisotopic (exact) mass is 283 g/mol. The number of amides is 1. The molecule has 2 rings (SSSR count). The lowest BCUT2D eigenvalue weighted by atomic mass is 10.1. The van der Waals surface area contributed by atoms with Gasteiger partial charge in [-0.2, -0.15) is 0 Å². The topological polar surface area (TPSA) is 49.3 Å². The third-order valence-electron chi connectivity index (χ3n) is 2.78. The molecule has 2 N–H and O–H groups in total. The number of rotatable bonds is 2. The van der Waals surface area contributed by atoms with Crippen molar-refractivity contribution >= 4 is 11.6 Å². The van der Waals surface area contributed by atoms with E-state index in [1.165, 1.54) is 12.1 Å². The van der Waals surface area contributed by atoms with Gasteiger partial charge in [-0.25, -0.2) is 4.39 Å². The van der Waals surface area contributed by atoms with Crippen molar-refractivity contribution in [2.45, 2.75) is 6.92 Å². The molecule has 0 aliphatic heterocycles. The van der Waals surface area contributed by atoms with Crippen LogP contribution in [0.15, 0.2) is 42.5 Å². The summed E-state index contributed by atoms with van der Waals surface area (Å²) in [6.07, 6.45) is 0. The summed E-state index contributed by atoms with van der Waals surface area (Å²) in [5, 5.41) is 11.4. The van der Waals surface area contributed by atoms with Crippen molar-refractivity contribution in [3.8, 4) is 11.8 Å². The zero-order valence-electron chi connectivity index (χ0n) is 11.5. The number of aryl methyl sites for hydroxylation is 1. The molecule has 0 unspecified atom stereocenters. The number of hydrogen-bond acceptors (Lipinski definition) is 2. The predicted molar refractivity (Wildman–Crippen MR) is 79.5 cm³/mol. The van der Waals surface area contributed by atoms with Gasteiger partial charge in [0.05, 0.1) is 5.69 Å². The first-order chi connectivity index (χ1) is 10.1. The summed E-state index contributed by atoms with van der Waals surface area (Å²) in [6, 6.07) is 11.1. The number of benzene rings is 2. The Kier molecular flexibility index (Phi) is 4.70. The van der Waals surface area contributed by atoms with Crippen LogP contribution in [0.3, 0.4) is 0 Å². The van der Waals surface area contributed by atoms with E-state index in [2.05, 4.69) is 17.2 Å². The van der Waals surface area contributed by atoms with Crippen LogP contribution in [0.4, 0.5) is 10.1 Å². The average Bonchev–Trinajstić information content (AvgIpc) is 2.45. The molecule has 1 amide bonds. The first-order valence-electron chi connectivity index (χ1n) is 6.37. The van der Waals surface area contributed by atoms with Crippen molar-refractivity contribution in [1.29, 1.82) is 0 Å². The Morgan fingerprint density at radius 3 is 2.76 bits per heavy atom. The number of anilines is 1. The van der Waals surface area contributed by atoms with Gasteiger partial charge in [-0.1, -0.05) is 24.0 Å². The molecule has 3 nitrogen and oxygen atoms in total. The molecular weight excluding hydrogens is 269 g/mol. The highest BCUT2D eigenvalue weighted by Gasteiger charge is 2.10. The number of aliphatic hydroxyl groups is 1. The van der Waals surface area contributed by atoms with E-state index >= 15 is 0 Å². The molecule has 0 bridgehead atoms. The van der Waals surface area contributed by atoms with E-state index in [1.54, 1.807) is 37.3 Å². The number of nitrogens with one attached hydrogen (secondary N) is 1. The van der Waals surface area contributed by atoms with Gasteiger partial charge in [0.25, 0.3) is 5.91 Å². The lowest BCUT2D eigenvalue weighted by Crippen LogP contribution is -2.13. The first-order valence-corrected chi connectivity index (χ1v) is 6.37. The molecule has 0 fully saturated rings. The Labute approximate surface area is 122 Å². The zero-order valence-corrected chi connectivity index (χ0v) is 11.5. The van der Waals surface area contributed by atoms with Crippen LogP contribution in [-0.4, -0.2) is 17.6 Å². The molecule has 4 heteroatoms. The Morgan fingerprint density at radius 1 is 1.29 bits per heavy atom. The first kappa shape index (κ1) is 14.8. The molecule has 2 aromatic rings. The molecule has 0 saturated heterocycles. The molecule has 0 aliphatic carbocycles. The zero-order chi connectivity index (χ0) is 15.2. The van der Waals surface area contributed by atoms with E-state index in [-0.39, 0.29) is 12.2 Å².